The molecular formula is C19H17ClO4. The van der Waals surface area contributed by atoms with E-state index in [4.69, 9.17) is 25.8 Å². The van der Waals surface area contributed by atoms with Crippen LogP contribution in [-0.2, 0) is 16.1 Å². The monoisotopic (exact) mass is 344 g/mol. The van der Waals surface area contributed by atoms with Gasteiger partial charge in [-0.1, -0.05) is 41.4 Å². The number of benzene rings is 2. The molecule has 0 saturated carbocycles. The molecule has 1 aliphatic rings. The van der Waals surface area contributed by atoms with Gasteiger partial charge in [-0.25, -0.2) is 4.79 Å². The second-order valence-electron chi connectivity index (χ2n) is 5.45. The fourth-order valence-corrected chi connectivity index (χ4v) is 2.58. The lowest BCUT2D eigenvalue weighted by Gasteiger charge is -2.20. The molecule has 0 aromatic heterocycles. The summed E-state index contributed by atoms with van der Waals surface area (Å²) >= 11 is 6.16. The van der Waals surface area contributed by atoms with Crippen molar-refractivity contribution >= 4 is 23.6 Å². The normalized spacial score (nSPS) is 13.1. The van der Waals surface area contributed by atoms with Crippen LogP contribution in [0.25, 0.3) is 6.08 Å². The predicted octanol–water partition coefficient (Wildman–Crippen LogP) is 4.18. The van der Waals surface area contributed by atoms with Crippen LogP contribution in [0.3, 0.4) is 0 Å². The summed E-state index contributed by atoms with van der Waals surface area (Å²) in [6, 6.07) is 11.4. The molecule has 3 rings (SSSR count). The van der Waals surface area contributed by atoms with E-state index in [0.717, 1.165) is 11.1 Å². The van der Waals surface area contributed by atoms with Gasteiger partial charge in [-0.05, 0) is 36.3 Å². The van der Waals surface area contributed by atoms with Gasteiger partial charge in [0.1, 0.15) is 19.8 Å². The molecule has 2 aromatic carbocycles. The molecule has 0 spiro atoms. The number of hydrogen-bond donors (Lipinski definition) is 0. The minimum atomic E-state index is -0.415. The molecule has 5 heteroatoms. The highest BCUT2D eigenvalue weighted by Gasteiger charge is 2.17. The molecule has 124 valence electrons. The van der Waals surface area contributed by atoms with Crippen LogP contribution in [0.5, 0.6) is 11.5 Å². The van der Waals surface area contributed by atoms with Crippen LogP contribution in [0.15, 0.2) is 42.5 Å². The first-order chi connectivity index (χ1) is 11.6. The Balaban J connectivity index is 1.60. The number of esters is 1. The number of rotatable bonds is 4. The van der Waals surface area contributed by atoms with E-state index < -0.39 is 5.97 Å². The van der Waals surface area contributed by atoms with Gasteiger partial charge in [0.25, 0.3) is 0 Å². The Morgan fingerprint density at radius 3 is 2.75 bits per heavy atom. The zero-order chi connectivity index (χ0) is 16.9. The number of fused-ring (bicyclic) bond motifs is 1. The van der Waals surface area contributed by atoms with Gasteiger partial charge in [0.05, 0.1) is 5.02 Å². The number of hydrogen-bond acceptors (Lipinski definition) is 4. The Hall–Kier alpha value is -2.46. The van der Waals surface area contributed by atoms with E-state index in [2.05, 4.69) is 0 Å². The fourth-order valence-electron chi connectivity index (χ4n) is 2.29. The smallest absolute Gasteiger partial charge is 0.331 e. The first kappa shape index (κ1) is 16.4. The largest absolute Gasteiger partial charge is 0.486 e. The maximum atomic E-state index is 11.8. The second-order valence-corrected chi connectivity index (χ2v) is 5.86. The van der Waals surface area contributed by atoms with Gasteiger partial charge in [0, 0.05) is 6.08 Å². The molecule has 1 heterocycles. The second kappa shape index (κ2) is 7.41. The molecule has 2 aromatic rings. The standard InChI is InChI=1S/C19H17ClO4/c1-13-2-4-14(5-3-13)6-7-18(21)24-12-15-10-16(20)19-17(11-15)22-8-9-23-19/h2-7,10-11H,8-9,12H2,1H3/b7-6+. The molecule has 4 nitrogen and oxygen atoms in total. The number of carbonyl (C=O) groups is 1. The van der Waals surface area contributed by atoms with Crippen molar-refractivity contribution in [3.8, 4) is 11.5 Å². The summed E-state index contributed by atoms with van der Waals surface area (Å²) in [7, 11) is 0. The van der Waals surface area contributed by atoms with Gasteiger partial charge in [-0.2, -0.15) is 0 Å². The maximum absolute atomic E-state index is 11.8. The Kier molecular flexibility index (Phi) is 5.06. The van der Waals surface area contributed by atoms with Crippen LogP contribution in [0.1, 0.15) is 16.7 Å². The van der Waals surface area contributed by atoms with Gasteiger partial charge in [-0.3, -0.25) is 0 Å². The van der Waals surface area contributed by atoms with Crippen LogP contribution in [0.2, 0.25) is 5.02 Å². The minimum Gasteiger partial charge on any atom is -0.486 e. The zero-order valence-corrected chi connectivity index (χ0v) is 14.0. The van der Waals surface area contributed by atoms with E-state index in [0.29, 0.717) is 29.7 Å². The van der Waals surface area contributed by atoms with Gasteiger partial charge in [-0.15, -0.1) is 0 Å². The summed E-state index contributed by atoms with van der Waals surface area (Å²) in [6.45, 7) is 3.09. The van der Waals surface area contributed by atoms with E-state index in [-0.39, 0.29) is 6.61 Å². The lowest BCUT2D eigenvalue weighted by atomic mass is 10.1. The molecule has 0 saturated heterocycles. The van der Waals surface area contributed by atoms with E-state index in [1.807, 2.05) is 31.2 Å². The van der Waals surface area contributed by atoms with Gasteiger partial charge in [0.2, 0.25) is 0 Å². The zero-order valence-electron chi connectivity index (χ0n) is 13.3. The summed E-state index contributed by atoms with van der Waals surface area (Å²) in [5.74, 6) is 0.703. The van der Waals surface area contributed by atoms with Crippen molar-refractivity contribution in [1.29, 1.82) is 0 Å². The summed E-state index contributed by atoms with van der Waals surface area (Å²) in [4.78, 5) is 11.8. The highest BCUT2D eigenvalue weighted by molar-refractivity contribution is 6.32. The maximum Gasteiger partial charge on any atom is 0.331 e. The minimum absolute atomic E-state index is 0.118. The highest BCUT2D eigenvalue weighted by Crippen LogP contribution is 2.38. The van der Waals surface area contributed by atoms with Crippen molar-refractivity contribution < 1.29 is 19.0 Å². The first-order valence-corrected chi connectivity index (χ1v) is 7.99. The van der Waals surface area contributed by atoms with Crippen LogP contribution in [0, 0.1) is 6.92 Å². The summed E-state index contributed by atoms with van der Waals surface area (Å²) in [6.07, 6.45) is 3.13. The van der Waals surface area contributed by atoms with Crippen LogP contribution >= 0.6 is 11.6 Å². The summed E-state index contributed by atoms with van der Waals surface area (Å²) < 4.78 is 16.2. The molecule has 0 N–H and O–H groups in total. The van der Waals surface area contributed by atoms with E-state index >= 15 is 0 Å². The van der Waals surface area contributed by atoms with Crippen molar-refractivity contribution in [2.45, 2.75) is 13.5 Å². The van der Waals surface area contributed by atoms with Crippen molar-refractivity contribution in [1.82, 2.24) is 0 Å². The molecule has 1 aliphatic heterocycles. The quantitative estimate of drug-likeness (QED) is 0.616. The van der Waals surface area contributed by atoms with E-state index in [1.54, 1.807) is 18.2 Å². The number of aryl methyl sites for hydroxylation is 1. The van der Waals surface area contributed by atoms with E-state index in [1.165, 1.54) is 11.6 Å². The molecule has 0 amide bonds. The van der Waals surface area contributed by atoms with Crippen molar-refractivity contribution in [3.05, 3.63) is 64.2 Å². The van der Waals surface area contributed by atoms with E-state index in [9.17, 15) is 4.79 Å². The first-order valence-electron chi connectivity index (χ1n) is 7.61. The predicted molar refractivity (Wildman–Crippen MR) is 92.5 cm³/mol. The third-order valence-electron chi connectivity index (χ3n) is 3.53. The Morgan fingerprint density at radius 1 is 1.21 bits per heavy atom. The van der Waals surface area contributed by atoms with Crippen molar-refractivity contribution in [3.63, 3.8) is 0 Å². The third kappa shape index (κ3) is 4.09. The molecular weight excluding hydrogens is 328 g/mol. The molecule has 0 aliphatic carbocycles. The molecule has 0 unspecified atom stereocenters. The summed E-state index contributed by atoms with van der Waals surface area (Å²) in [5, 5.41) is 0.452. The fraction of sp³-hybridized carbons (Fsp3) is 0.211. The van der Waals surface area contributed by atoms with Gasteiger partial charge >= 0.3 is 5.97 Å². The molecule has 0 bridgehead atoms. The van der Waals surface area contributed by atoms with Gasteiger partial charge < -0.3 is 14.2 Å². The average molecular weight is 345 g/mol. The molecule has 0 radical (unpaired) electrons. The Bertz CT molecular complexity index is 766. The van der Waals surface area contributed by atoms with Crippen molar-refractivity contribution in [2.24, 2.45) is 0 Å². The van der Waals surface area contributed by atoms with Gasteiger partial charge in [0.15, 0.2) is 11.5 Å². The number of halogens is 1. The van der Waals surface area contributed by atoms with Crippen LogP contribution in [0.4, 0.5) is 0 Å². The number of ether oxygens (including phenoxy) is 3. The summed E-state index contributed by atoms with van der Waals surface area (Å²) in [5.41, 5.74) is 2.87. The lowest BCUT2D eigenvalue weighted by molar-refractivity contribution is -0.138. The molecule has 0 fully saturated rings. The molecule has 0 atom stereocenters. The Morgan fingerprint density at radius 2 is 1.96 bits per heavy atom. The molecule has 24 heavy (non-hydrogen) atoms. The third-order valence-corrected chi connectivity index (χ3v) is 3.81. The van der Waals surface area contributed by atoms with Crippen LogP contribution in [-0.4, -0.2) is 19.2 Å². The topological polar surface area (TPSA) is 44.8 Å². The van der Waals surface area contributed by atoms with Crippen molar-refractivity contribution in [2.75, 3.05) is 13.2 Å². The lowest BCUT2D eigenvalue weighted by Crippen LogP contribution is -2.16. The van der Waals surface area contributed by atoms with Crippen LogP contribution < -0.4 is 9.47 Å². The average Bonchev–Trinajstić information content (AvgIpc) is 2.59. The number of carbonyl (C=O) groups excluding carboxylic acids is 1. The Labute approximate surface area is 145 Å². The highest BCUT2D eigenvalue weighted by atomic mass is 35.5. The SMILES string of the molecule is Cc1ccc(/C=C/C(=O)OCc2cc(Cl)c3c(c2)OCCO3)cc1.